The maximum Gasteiger partial charge on any atom is 0.317 e. The van der Waals surface area contributed by atoms with E-state index in [4.69, 9.17) is 5.11 Å². The van der Waals surface area contributed by atoms with Crippen LogP contribution in [0.1, 0.15) is 20.8 Å². The molecule has 0 aromatic carbocycles. The van der Waals surface area contributed by atoms with Crippen molar-refractivity contribution in [1.29, 1.82) is 0 Å². The van der Waals surface area contributed by atoms with Gasteiger partial charge < -0.3 is 20.2 Å². The lowest BCUT2D eigenvalue weighted by Gasteiger charge is -2.34. The van der Waals surface area contributed by atoms with E-state index in [0.29, 0.717) is 13.1 Å². The molecule has 1 heterocycles. The standard InChI is InChI=1S/C13H25N3O3/c1-4-15-5-7-16(8-6-15)13(19)14-9-11(10(2)3)12(17)18/h10-11H,4-9H2,1-3H3,(H,14,19)(H,17,18). The van der Waals surface area contributed by atoms with Crippen LogP contribution >= 0.6 is 0 Å². The fourth-order valence-electron chi connectivity index (χ4n) is 2.18. The molecule has 2 N–H and O–H groups in total. The SMILES string of the molecule is CCN1CCN(C(=O)NCC(C(=O)O)C(C)C)CC1. The van der Waals surface area contributed by atoms with Crippen molar-refractivity contribution < 1.29 is 14.7 Å². The number of likely N-dealkylation sites (N-methyl/N-ethyl adjacent to an activating group) is 1. The predicted octanol–water partition coefficient (Wildman–Crippen LogP) is 0.690. The summed E-state index contributed by atoms with van der Waals surface area (Å²) in [6.45, 7) is 10.2. The summed E-state index contributed by atoms with van der Waals surface area (Å²) in [6.07, 6.45) is 0. The van der Waals surface area contributed by atoms with Crippen molar-refractivity contribution >= 4 is 12.0 Å². The number of urea groups is 1. The van der Waals surface area contributed by atoms with Gasteiger partial charge in [0.15, 0.2) is 0 Å². The second-order valence-electron chi connectivity index (χ2n) is 5.30. The van der Waals surface area contributed by atoms with E-state index in [2.05, 4.69) is 17.1 Å². The number of carboxylic acids is 1. The highest BCUT2D eigenvalue weighted by molar-refractivity contribution is 5.76. The van der Waals surface area contributed by atoms with Crippen LogP contribution in [0, 0.1) is 11.8 Å². The molecule has 1 rings (SSSR count). The number of carbonyl (C=O) groups excluding carboxylic acids is 1. The molecule has 19 heavy (non-hydrogen) atoms. The molecule has 1 unspecified atom stereocenters. The number of carbonyl (C=O) groups is 2. The van der Waals surface area contributed by atoms with E-state index in [1.807, 2.05) is 13.8 Å². The first kappa shape index (κ1) is 15.8. The number of nitrogens with one attached hydrogen (secondary N) is 1. The van der Waals surface area contributed by atoms with Gasteiger partial charge in [-0.2, -0.15) is 0 Å². The highest BCUT2D eigenvalue weighted by Crippen LogP contribution is 2.10. The number of hydrogen-bond acceptors (Lipinski definition) is 3. The number of rotatable bonds is 5. The minimum Gasteiger partial charge on any atom is -0.481 e. The van der Waals surface area contributed by atoms with Crippen LogP contribution in [0.3, 0.4) is 0 Å². The van der Waals surface area contributed by atoms with Crippen molar-refractivity contribution in [1.82, 2.24) is 15.1 Å². The Morgan fingerprint density at radius 3 is 2.21 bits per heavy atom. The first-order valence-electron chi connectivity index (χ1n) is 6.93. The van der Waals surface area contributed by atoms with E-state index in [9.17, 15) is 9.59 Å². The number of carboxylic acid groups (broad SMARTS) is 1. The topological polar surface area (TPSA) is 72.9 Å². The summed E-state index contributed by atoms with van der Waals surface area (Å²) in [7, 11) is 0. The highest BCUT2D eigenvalue weighted by Gasteiger charge is 2.24. The summed E-state index contributed by atoms with van der Waals surface area (Å²) in [5.74, 6) is -1.37. The third kappa shape index (κ3) is 4.70. The number of piperazine rings is 1. The summed E-state index contributed by atoms with van der Waals surface area (Å²) in [5, 5.41) is 11.8. The van der Waals surface area contributed by atoms with Crippen LogP contribution < -0.4 is 5.32 Å². The Balaban J connectivity index is 2.37. The summed E-state index contributed by atoms with van der Waals surface area (Å²) in [4.78, 5) is 27.0. The van der Waals surface area contributed by atoms with Gasteiger partial charge in [0.05, 0.1) is 5.92 Å². The Kier molecular flexibility index (Phi) is 6.08. The van der Waals surface area contributed by atoms with Crippen molar-refractivity contribution in [3.8, 4) is 0 Å². The summed E-state index contributed by atoms with van der Waals surface area (Å²) in [5.41, 5.74) is 0. The van der Waals surface area contributed by atoms with Gasteiger partial charge in [0.25, 0.3) is 0 Å². The average molecular weight is 271 g/mol. The summed E-state index contributed by atoms with van der Waals surface area (Å²) >= 11 is 0. The molecule has 6 heteroatoms. The number of nitrogens with zero attached hydrogens (tertiary/aromatic N) is 2. The molecule has 0 bridgehead atoms. The fourth-order valence-corrected chi connectivity index (χ4v) is 2.18. The Bertz CT molecular complexity index is 312. The van der Waals surface area contributed by atoms with Gasteiger partial charge in [-0.05, 0) is 12.5 Å². The molecule has 6 nitrogen and oxygen atoms in total. The van der Waals surface area contributed by atoms with E-state index >= 15 is 0 Å². The third-order valence-corrected chi connectivity index (χ3v) is 3.70. The third-order valence-electron chi connectivity index (χ3n) is 3.70. The van der Waals surface area contributed by atoms with Crippen LogP contribution in [0.15, 0.2) is 0 Å². The second kappa shape index (κ2) is 7.33. The maximum absolute atomic E-state index is 11.9. The van der Waals surface area contributed by atoms with Crippen LogP contribution in [0.4, 0.5) is 4.79 Å². The first-order valence-corrected chi connectivity index (χ1v) is 6.93. The molecule has 1 aliphatic rings. The Morgan fingerprint density at radius 2 is 1.79 bits per heavy atom. The normalized spacial score (nSPS) is 18.4. The van der Waals surface area contributed by atoms with Crippen molar-refractivity contribution in [2.45, 2.75) is 20.8 Å². The van der Waals surface area contributed by atoms with Crippen molar-refractivity contribution in [2.75, 3.05) is 39.3 Å². The molecule has 0 radical (unpaired) electrons. The monoisotopic (exact) mass is 271 g/mol. The minimum absolute atomic E-state index is 0.00902. The first-order chi connectivity index (χ1) is 8.95. The summed E-state index contributed by atoms with van der Waals surface area (Å²) < 4.78 is 0. The van der Waals surface area contributed by atoms with Gasteiger partial charge in [-0.25, -0.2) is 4.79 Å². The zero-order valence-electron chi connectivity index (χ0n) is 12.1. The quantitative estimate of drug-likeness (QED) is 0.771. The molecular weight excluding hydrogens is 246 g/mol. The average Bonchev–Trinajstić information content (AvgIpc) is 2.38. The molecule has 2 amide bonds. The Hall–Kier alpha value is -1.30. The highest BCUT2D eigenvalue weighted by atomic mass is 16.4. The zero-order chi connectivity index (χ0) is 14.4. The largest absolute Gasteiger partial charge is 0.481 e. The summed E-state index contributed by atoms with van der Waals surface area (Å²) in [6, 6.07) is -0.150. The van der Waals surface area contributed by atoms with Crippen LogP contribution in [0.2, 0.25) is 0 Å². The predicted molar refractivity (Wildman–Crippen MR) is 73.0 cm³/mol. The van der Waals surface area contributed by atoms with Gasteiger partial charge in [-0.1, -0.05) is 20.8 Å². The van der Waals surface area contributed by atoms with Gasteiger partial charge in [0.2, 0.25) is 0 Å². The molecule has 0 aromatic heterocycles. The second-order valence-corrected chi connectivity index (χ2v) is 5.30. The van der Waals surface area contributed by atoms with Crippen molar-refractivity contribution in [2.24, 2.45) is 11.8 Å². The van der Waals surface area contributed by atoms with Gasteiger partial charge >= 0.3 is 12.0 Å². The fraction of sp³-hybridized carbons (Fsp3) is 0.846. The molecule has 110 valence electrons. The lowest BCUT2D eigenvalue weighted by Crippen LogP contribution is -2.52. The zero-order valence-corrected chi connectivity index (χ0v) is 12.1. The Labute approximate surface area is 114 Å². The Morgan fingerprint density at radius 1 is 1.21 bits per heavy atom. The number of hydrogen-bond donors (Lipinski definition) is 2. The van der Waals surface area contributed by atoms with E-state index in [1.54, 1.807) is 4.90 Å². The van der Waals surface area contributed by atoms with Gasteiger partial charge in [0, 0.05) is 32.7 Å². The maximum atomic E-state index is 11.9. The molecule has 0 aromatic rings. The lowest BCUT2D eigenvalue weighted by molar-refractivity contribution is -0.142. The molecule has 1 atom stereocenters. The van der Waals surface area contributed by atoms with Crippen LogP contribution in [-0.2, 0) is 4.79 Å². The van der Waals surface area contributed by atoms with Crippen LogP contribution in [0.5, 0.6) is 0 Å². The van der Waals surface area contributed by atoms with Crippen LogP contribution in [0.25, 0.3) is 0 Å². The van der Waals surface area contributed by atoms with Gasteiger partial charge in [-0.3, -0.25) is 4.79 Å². The molecule has 0 aliphatic carbocycles. The van der Waals surface area contributed by atoms with E-state index in [0.717, 1.165) is 19.6 Å². The minimum atomic E-state index is -0.855. The van der Waals surface area contributed by atoms with Crippen LogP contribution in [-0.4, -0.2) is 66.2 Å². The van der Waals surface area contributed by atoms with E-state index < -0.39 is 11.9 Å². The molecule has 0 spiro atoms. The molecule has 1 aliphatic heterocycles. The van der Waals surface area contributed by atoms with E-state index in [1.165, 1.54) is 0 Å². The van der Waals surface area contributed by atoms with Crippen molar-refractivity contribution in [3.05, 3.63) is 0 Å². The van der Waals surface area contributed by atoms with E-state index in [-0.39, 0.29) is 18.5 Å². The molecule has 0 saturated carbocycles. The number of aliphatic carboxylic acids is 1. The molecule has 1 fully saturated rings. The lowest BCUT2D eigenvalue weighted by atomic mass is 9.96. The molecular formula is C13H25N3O3. The van der Waals surface area contributed by atoms with Gasteiger partial charge in [-0.15, -0.1) is 0 Å². The van der Waals surface area contributed by atoms with Gasteiger partial charge in [0.1, 0.15) is 0 Å². The number of amides is 2. The molecule has 1 saturated heterocycles. The van der Waals surface area contributed by atoms with Crippen molar-refractivity contribution in [3.63, 3.8) is 0 Å². The smallest absolute Gasteiger partial charge is 0.317 e.